The molecule has 1 aromatic carbocycles. The predicted molar refractivity (Wildman–Crippen MR) is 59.5 cm³/mol. The van der Waals surface area contributed by atoms with Crippen LogP contribution in [0.3, 0.4) is 0 Å². The van der Waals surface area contributed by atoms with Crippen LogP contribution in [0, 0.1) is 5.82 Å². The molecule has 1 aromatic rings. The van der Waals surface area contributed by atoms with Gasteiger partial charge in [0.05, 0.1) is 25.4 Å². The van der Waals surface area contributed by atoms with Crippen LogP contribution >= 0.6 is 0 Å². The summed E-state index contributed by atoms with van der Waals surface area (Å²) in [6.07, 6.45) is 0. The molecule has 6 nitrogen and oxygen atoms in total. The molecule has 0 saturated carbocycles. The fourth-order valence-electron chi connectivity index (χ4n) is 1.27. The fourth-order valence-corrected chi connectivity index (χ4v) is 1.27. The van der Waals surface area contributed by atoms with Gasteiger partial charge in [0, 0.05) is 0 Å². The van der Waals surface area contributed by atoms with Crippen molar-refractivity contribution in [3.8, 4) is 5.75 Å². The maximum atomic E-state index is 12.9. The monoisotopic (exact) mass is 259 g/mol. The Kier molecular flexibility index (Phi) is 4.60. The maximum Gasteiger partial charge on any atom is 0.255 e. The van der Waals surface area contributed by atoms with E-state index in [2.05, 4.69) is 5.32 Å². The quantitative estimate of drug-likeness (QED) is 0.465. The van der Waals surface area contributed by atoms with Gasteiger partial charge in [0.2, 0.25) is 0 Å². The van der Waals surface area contributed by atoms with Gasteiger partial charge in [-0.1, -0.05) is 0 Å². The second kappa shape index (κ2) is 5.76. The van der Waals surface area contributed by atoms with Crippen LogP contribution < -0.4 is 5.32 Å². The molecule has 0 aliphatic rings. The second-order valence-electron chi connectivity index (χ2n) is 3.87. The summed E-state index contributed by atoms with van der Waals surface area (Å²) < 4.78 is 12.9. The molecule has 1 rings (SSSR count). The van der Waals surface area contributed by atoms with Gasteiger partial charge in [-0.2, -0.15) is 0 Å². The third kappa shape index (κ3) is 2.95. The SMILES string of the molecule is O=C(NC(CO)(CO)CO)c1cc(F)ccc1O. The van der Waals surface area contributed by atoms with Crippen LogP contribution in [-0.4, -0.2) is 51.7 Å². The summed E-state index contributed by atoms with van der Waals surface area (Å²) >= 11 is 0. The van der Waals surface area contributed by atoms with Gasteiger partial charge in [0.25, 0.3) is 5.91 Å². The van der Waals surface area contributed by atoms with E-state index in [1.54, 1.807) is 0 Å². The number of nitrogens with one attached hydrogen (secondary N) is 1. The molecule has 18 heavy (non-hydrogen) atoms. The molecule has 0 atom stereocenters. The topological polar surface area (TPSA) is 110 Å². The smallest absolute Gasteiger partial charge is 0.255 e. The van der Waals surface area contributed by atoms with E-state index < -0.39 is 42.8 Å². The zero-order valence-electron chi connectivity index (χ0n) is 9.43. The summed E-state index contributed by atoms with van der Waals surface area (Å²) in [5.74, 6) is -2.08. The van der Waals surface area contributed by atoms with Crippen molar-refractivity contribution in [2.75, 3.05) is 19.8 Å². The number of hydrogen-bond donors (Lipinski definition) is 5. The molecular weight excluding hydrogens is 245 g/mol. The number of phenols is 1. The van der Waals surface area contributed by atoms with Crippen molar-refractivity contribution >= 4 is 5.91 Å². The number of hydrogen-bond acceptors (Lipinski definition) is 5. The Labute approximate surface area is 102 Å². The van der Waals surface area contributed by atoms with Crippen LogP contribution in [0.1, 0.15) is 10.4 Å². The van der Waals surface area contributed by atoms with Gasteiger partial charge in [-0.25, -0.2) is 4.39 Å². The van der Waals surface area contributed by atoms with Gasteiger partial charge < -0.3 is 25.7 Å². The van der Waals surface area contributed by atoms with Crippen LogP contribution in [0.15, 0.2) is 18.2 Å². The number of amides is 1. The minimum Gasteiger partial charge on any atom is -0.507 e. The molecule has 5 N–H and O–H groups in total. The number of carbonyl (C=O) groups excluding carboxylic acids is 1. The van der Waals surface area contributed by atoms with Crippen molar-refractivity contribution < 1.29 is 29.6 Å². The highest BCUT2D eigenvalue weighted by Gasteiger charge is 2.31. The van der Waals surface area contributed by atoms with Gasteiger partial charge >= 0.3 is 0 Å². The Morgan fingerprint density at radius 3 is 2.28 bits per heavy atom. The maximum absolute atomic E-state index is 12.9. The van der Waals surface area contributed by atoms with Crippen molar-refractivity contribution in [1.29, 1.82) is 0 Å². The van der Waals surface area contributed by atoms with Crippen molar-refractivity contribution in [2.45, 2.75) is 5.54 Å². The highest BCUT2D eigenvalue weighted by molar-refractivity contribution is 5.97. The van der Waals surface area contributed by atoms with Gasteiger partial charge in [0.15, 0.2) is 0 Å². The lowest BCUT2D eigenvalue weighted by atomic mass is 10.0. The molecule has 100 valence electrons. The molecule has 0 aromatic heterocycles. The molecular formula is C11H14FNO5. The van der Waals surface area contributed by atoms with Crippen LogP contribution in [0.5, 0.6) is 5.75 Å². The Balaban J connectivity index is 2.97. The summed E-state index contributed by atoms with van der Waals surface area (Å²) in [7, 11) is 0. The minimum atomic E-state index is -1.63. The molecule has 0 unspecified atom stereocenters. The Hall–Kier alpha value is -1.70. The predicted octanol–water partition coefficient (Wildman–Crippen LogP) is -1.02. The van der Waals surface area contributed by atoms with Crippen LogP contribution in [-0.2, 0) is 0 Å². The lowest BCUT2D eigenvalue weighted by molar-refractivity contribution is 0.0374. The largest absolute Gasteiger partial charge is 0.507 e. The zero-order valence-corrected chi connectivity index (χ0v) is 9.43. The summed E-state index contributed by atoms with van der Waals surface area (Å²) in [5.41, 5.74) is -1.98. The number of aliphatic hydroxyl groups is 3. The molecule has 0 fully saturated rings. The van der Waals surface area contributed by atoms with Crippen LogP contribution in [0.4, 0.5) is 4.39 Å². The Morgan fingerprint density at radius 2 is 1.78 bits per heavy atom. The van der Waals surface area contributed by atoms with E-state index in [4.69, 9.17) is 15.3 Å². The van der Waals surface area contributed by atoms with E-state index >= 15 is 0 Å². The molecule has 0 heterocycles. The lowest BCUT2D eigenvalue weighted by Crippen LogP contribution is -2.57. The van der Waals surface area contributed by atoms with E-state index in [-0.39, 0.29) is 5.56 Å². The number of aliphatic hydroxyl groups excluding tert-OH is 3. The fraction of sp³-hybridized carbons (Fsp3) is 0.364. The van der Waals surface area contributed by atoms with E-state index in [0.29, 0.717) is 0 Å². The third-order valence-corrected chi connectivity index (χ3v) is 2.49. The molecule has 0 saturated heterocycles. The molecule has 1 amide bonds. The molecule has 0 aliphatic heterocycles. The molecule has 7 heteroatoms. The number of rotatable bonds is 5. The van der Waals surface area contributed by atoms with Crippen molar-refractivity contribution in [3.05, 3.63) is 29.6 Å². The molecule has 0 aliphatic carbocycles. The number of aromatic hydroxyl groups is 1. The Bertz CT molecular complexity index is 425. The van der Waals surface area contributed by atoms with Crippen molar-refractivity contribution in [1.82, 2.24) is 5.32 Å². The third-order valence-electron chi connectivity index (χ3n) is 2.49. The highest BCUT2D eigenvalue weighted by Crippen LogP contribution is 2.18. The van der Waals surface area contributed by atoms with Gasteiger partial charge in [-0.05, 0) is 18.2 Å². The van der Waals surface area contributed by atoms with Crippen molar-refractivity contribution in [2.24, 2.45) is 0 Å². The van der Waals surface area contributed by atoms with Gasteiger partial charge in [-0.15, -0.1) is 0 Å². The number of halogens is 1. The molecule has 0 radical (unpaired) electrons. The summed E-state index contributed by atoms with van der Waals surface area (Å²) in [6, 6.07) is 2.79. The van der Waals surface area contributed by atoms with E-state index in [0.717, 1.165) is 18.2 Å². The van der Waals surface area contributed by atoms with E-state index in [1.807, 2.05) is 0 Å². The molecule has 0 bridgehead atoms. The number of phenolic OH excluding ortho intramolecular Hbond substituents is 1. The minimum absolute atomic E-state index is 0.352. The summed E-state index contributed by atoms with van der Waals surface area (Å²) in [6.45, 7) is -2.12. The first-order valence-corrected chi connectivity index (χ1v) is 5.11. The second-order valence-corrected chi connectivity index (χ2v) is 3.87. The first kappa shape index (κ1) is 14.4. The highest BCUT2D eigenvalue weighted by atomic mass is 19.1. The summed E-state index contributed by atoms with van der Waals surface area (Å²) in [4.78, 5) is 11.7. The standard InChI is InChI=1S/C11H14FNO5/c12-7-1-2-9(17)8(3-7)10(18)13-11(4-14,5-15)6-16/h1-3,14-17H,4-6H2,(H,13,18). The van der Waals surface area contributed by atoms with Crippen LogP contribution in [0.25, 0.3) is 0 Å². The van der Waals surface area contributed by atoms with Gasteiger partial charge in [-0.3, -0.25) is 4.79 Å². The Morgan fingerprint density at radius 1 is 1.22 bits per heavy atom. The average Bonchev–Trinajstić information content (AvgIpc) is 2.38. The number of carbonyl (C=O) groups is 1. The van der Waals surface area contributed by atoms with E-state index in [1.165, 1.54) is 0 Å². The van der Waals surface area contributed by atoms with Crippen molar-refractivity contribution in [3.63, 3.8) is 0 Å². The first-order valence-electron chi connectivity index (χ1n) is 5.11. The normalized spacial score (nSPS) is 11.3. The number of benzene rings is 1. The average molecular weight is 259 g/mol. The van der Waals surface area contributed by atoms with Gasteiger partial charge in [0.1, 0.15) is 17.1 Å². The zero-order chi connectivity index (χ0) is 13.8. The summed E-state index contributed by atoms with van der Waals surface area (Å²) in [5, 5.41) is 38.6. The first-order chi connectivity index (χ1) is 8.48. The van der Waals surface area contributed by atoms with E-state index in [9.17, 15) is 14.3 Å². The van der Waals surface area contributed by atoms with Crippen LogP contribution in [0.2, 0.25) is 0 Å². The lowest BCUT2D eigenvalue weighted by Gasteiger charge is -2.28. The molecule has 0 spiro atoms.